The Morgan fingerprint density at radius 1 is 1.26 bits per heavy atom. The molecule has 2 aliphatic carbocycles. The first-order chi connectivity index (χ1) is 17.0. The lowest BCUT2D eigenvalue weighted by Crippen LogP contribution is -2.44. The molecule has 2 heterocycles. The molecule has 0 aromatic heterocycles. The van der Waals surface area contributed by atoms with Crippen LogP contribution in [-0.4, -0.2) is 42.5 Å². The molecule has 0 saturated heterocycles. The molecule has 1 aromatic rings. The zero-order chi connectivity index (χ0) is 24.4. The molecule has 5 nitrogen and oxygen atoms in total. The van der Waals surface area contributed by atoms with Gasteiger partial charge in [-0.25, -0.2) is 4.39 Å². The zero-order valence-corrected chi connectivity index (χ0v) is 20.8. The lowest BCUT2D eigenvalue weighted by Gasteiger charge is -2.39. The Morgan fingerprint density at radius 3 is 2.89 bits per heavy atom. The number of hydrogen-bond donors (Lipinski definition) is 2. The largest absolute Gasteiger partial charge is 0.355 e. The fourth-order valence-corrected chi connectivity index (χ4v) is 5.75. The minimum absolute atomic E-state index is 0.0418. The van der Waals surface area contributed by atoms with Crippen molar-refractivity contribution < 1.29 is 9.13 Å². The van der Waals surface area contributed by atoms with Gasteiger partial charge in [0, 0.05) is 35.2 Å². The first-order valence-corrected chi connectivity index (χ1v) is 13.1. The Hall–Kier alpha value is -2.12. The summed E-state index contributed by atoms with van der Waals surface area (Å²) in [4.78, 5) is 9.33. The van der Waals surface area contributed by atoms with Crippen LogP contribution in [-0.2, 0) is 4.74 Å². The summed E-state index contributed by atoms with van der Waals surface area (Å²) in [6.45, 7) is 2.10. The van der Waals surface area contributed by atoms with Gasteiger partial charge in [0.15, 0.2) is 6.17 Å². The smallest absolute Gasteiger partial charge is 0.154 e. The molecule has 0 radical (unpaired) electrons. The van der Waals surface area contributed by atoms with Gasteiger partial charge < -0.3 is 10.5 Å². The number of fused-ring (bicyclic) bond motifs is 2. The Labute approximate surface area is 212 Å². The summed E-state index contributed by atoms with van der Waals surface area (Å²) in [5, 5.41) is 4.38. The van der Waals surface area contributed by atoms with Gasteiger partial charge in [-0.3, -0.25) is 15.3 Å². The van der Waals surface area contributed by atoms with Crippen molar-refractivity contribution in [1.82, 2.24) is 5.32 Å². The molecule has 0 spiro atoms. The summed E-state index contributed by atoms with van der Waals surface area (Å²) in [5.41, 5.74) is 9.19. The highest BCUT2D eigenvalue weighted by atomic mass is 35.5. The minimum atomic E-state index is -1.04. The highest BCUT2D eigenvalue weighted by Gasteiger charge is 2.42. The summed E-state index contributed by atoms with van der Waals surface area (Å²) in [7, 11) is 0. The van der Waals surface area contributed by atoms with Crippen LogP contribution in [0.2, 0.25) is 0 Å². The van der Waals surface area contributed by atoms with Crippen molar-refractivity contribution in [3.8, 4) is 0 Å². The predicted octanol–water partition coefficient (Wildman–Crippen LogP) is 5.39. The molecule has 4 aliphatic rings. The van der Waals surface area contributed by atoms with Crippen LogP contribution in [0, 0.1) is 11.8 Å². The number of hydrogen-bond acceptors (Lipinski definition) is 5. The van der Waals surface area contributed by atoms with Crippen molar-refractivity contribution in [2.75, 3.05) is 0 Å². The first kappa shape index (κ1) is 24.6. The van der Waals surface area contributed by atoms with Crippen molar-refractivity contribution in [3.05, 3.63) is 70.8 Å². The quantitative estimate of drug-likeness (QED) is 0.573. The third-order valence-corrected chi connectivity index (χ3v) is 7.73. The van der Waals surface area contributed by atoms with Gasteiger partial charge in [0.05, 0.1) is 11.8 Å². The third-order valence-electron chi connectivity index (χ3n) is 7.47. The molecule has 0 bridgehead atoms. The molecule has 0 amide bonds. The third kappa shape index (κ3) is 5.51. The van der Waals surface area contributed by atoms with E-state index >= 15 is 4.39 Å². The number of ether oxygens (including phenoxy) is 1. The van der Waals surface area contributed by atoms with E-state index in [0.717, 1.165) is 36.1 Å². The van der Waals surface area contributed by atoms with Crippen LogP contribution in [0.15, 0.2) is 75.2 Å². The van der Waals surface area contributed by atoms with E-state index in [0.29, 0.717) is 17.9 Å². The molecule has 8 unspecified atom stereocenters. The van der Waals surface area contributed by atoms with Crippen molar-refractivity contribution in [2.45, 2.75) is 75.8 Å². The van der Waals surface area contributed by atoms with Crippen LogP contribution in [0.4, 0.5) is 4.39 Å². The van der Waals surface area contributed by atoms with Gasteiger partial charge in [-0.05, 0) is 42.9 Å². The molecule has 7 heteroatoms. The molecular formula is C28H34ClFN4O. The maximum atomic E-state index is 15.7. The van der Waals surface area contributed by atoms with Gasteiger partial charge in [-0.15, -0.1) is 0 Å². The fraction of sp³-hybridized carbons (Fsp3) is 0.500. The van der Waals surface area contributed by atoms with Gasteiger partial charge in [0.25, 0.3) is 0 Å². The second-order valence-electron chi connectivity index (χ2n) is 9.97. The molecule has 3 N–H and O–H groups in total. The topological polar surface area (TPSA) is 72.0 Å². The van der Waals surface area contributed by atoms with Crippen LogP contribution in [0.25, 0.3) is 0 Å². The number of rotatable bonds is 5. The Kier molecular flexibility index (Phi) is 7.63. The van der Waals surface area contributed by atoms with Crippen LogP contribution in [0.3, 0.4) is 0 Å². The van der Waals surface area contributed by atoms with E-state index in [1.807, 2.05) is 60.9 Å². The Balaban J connectivity index is 1.42. The number of nitrogens with two attached hydrogens (primary N) is 1. The average Bonchev–Trinajstić information content (AvgIpc) is 3.37. The minimum Gasteiger partial charge on any atom is -0.355 e. The van der Waals surface area contributed by atoms with Gasteiger partial charge in [0.1, 0.15) is 12.4 Å². The molecule has 1 fully saturated rings. The van der Waals surface area contributed by atoms with E-state index in [-0.39, 0.29) is 42.4 Å². The van der Waals surface area contributed by atoms with Crippen LogP contribution >= 0.6 is 11.6 Å². The summed E-state index contributed by atoms with van der Waals surface area (Å²) in [6, 6.07) is 10.0. The Morgan fingerprint density at radius 2 is 2.09 bits per heavy atom. The standard InChI is InChI=1S/C28H34ClFN4O/c1-2-6-23(31)27-32-16-25(33-27)19-14-22(30)21-11-9-18-13-20(29)10-12-24(18)34-28(35-26(21)15-19)17-7-4-3-5-8-17/h3-5,7-11,13,16,19,21-24,26-28,34H,2,6,12,14-15,31H2,1H3. The molecule has 1 aromatic carbocycles. The van der Waals surface area contributed by atoms with Gasteiger partial charge >= 0.3 is 0 Å². The monoisotopic (exact) mass is 496 g/mol. The highest BCUT2D eigenvalue weighted by molar-refractivity contribution is 6.32. The molecular weight excluding hydrogens is 463 g/mol. The number of nitrogens with one attached hydrogen (secondary N) is 1. The predicted molar refractivity (Wildman–Crippen MR) is 140 cm³/mol. The maximum absolute atomic E-state index is 15.7. The number of nitrogens with zero attached hydrogens (tertiary/aromatic N) is 2. The molecule has 35 heavy (non-hydrogen) atoms. The van der Waals surface area contributed by atoms with Gasteiger partial charge in [0.2, 0.25) is 0 Å². The van der Waals surface area contributed by atoms with Crippen LogP contribution in [0.5, 0.6) is 0 Å². The van der Waals surface area contributed by atoms with Crippen molar-refractivity contribution in [3.63, 3.8) is 0 Å². The SMILES string of the molecule is CCCC(N)C1N=CC(C2CC(F)C3C=CC4=CC(Cl)=CCC4NC(c4ccccc4)OC3C2)=N1. The van der Waals surface area contributed by atoms with E-state index in [2.05, 4.69) is 17.2 Å². The average molecular weight is 497 g/mol. The van der Waals surface area contributed by atoms with E-state index in [4.69, 9.17) is 27.1 Å². The van der Waals surface area contributed by atoms with Crippen LogP contribution in [0.1, 0.15) is 50.8 Å². The number of aliphatic imine (C=N–C) groups is 2. The second kappa shape index (κ2) is 10.9. The number of allylic oxidation sites excluding steroid dienone is 2. The lowest BCUT2D eigenvalue weighted by atomic mass is 9.76. The molecule has 2 aliphatic heterocycles. The number of alkyl halides is 1. The molecule has 5 rings (SSSR count). The number of halogens is 2. The fourth-order valence-electron chi connectivity index (χ4n) is 5.53. The van der Waals surface area contributed by atoms with E-state index in [1.165, 1.54) is 0 Å². The maximum Gasteiger partial charge on any atom is 0.154 e. The first-order valence-electron chi connectivity index (χ1n) is 12.7. The summed E-state index contributed by atoms with van der Waals surface area (Å²) < 4.78 is 22.4. The van der Waals surface area contributed by atoms with E-state index in [9.17, 15) is 0 Å². The lowest BCUT2D eigenvalue weighted by molar-refractivity contribution is -0.0890. The van der Waals surface area contributed by atoms with Gasteiger partial charge in [-0.2, -0.15) is 0 Å². The highest BCUT2D eigenvalue weighted by Crippen LogP contribution is 2.39. The Bertz CT molecular complexity index is 1050. The normalized spacial score (nSPS) is 35.5. The van der Waals surface area contributed by atoms with Crippen LogP contribution < -0.4 is 11.1 Å². The second-order valence-corrected chi connectivity index (χ2v) is 10.4. The summed E-state index contributed by atoms with van der Waals surface area (Å²) in [5.74, 6) is -0.391. The summed E-state index contributed by atoms with van der Waals surface area (Å²) >= 11 is 6.32. The van der Waals surface area contributed by atoms with Crippen molar-refractivity contribution >= 4 is 23.5 Å². The number of benzene rings is 1. The van der Waals surface area contributed by atoms with Crippen molar-refractivity contribution in [1.29, 1.82) is 0 Å². The van der Waals surface area contributed by atoms with Crippen molar-refractivity contribution in [2.24, 2.45) is 27.6 Å². The van der Waals surface area contributed by atoms with Gasteiger partial charge in [-0.1, -0.05) is 73.5 Å². The van der Waals surface area contributed by atoms with E-state index in [1.54, 1.807) is 0 Å². The molecule has 8 atom stereocenters. The zero-order valence-electron chi connectivity index (χ0n) is 20.1. The molecule has 1 saturated carbocycles. The van der Waals surface area contributed by atoms with E-state index < -0.39 is 6.17 Å². The molecule has 186 valence electrons. The summed E-state index contributed by atoms with van der Waals surface area (Å²) in [6.07, 6.45) is 11.5.